The van der Waals surface area contributed by atoms with Crippen LogP contribution in [0, 0.1) is 5.92 Å². The number of carboxylic acids is 1. The van der Waals surface area contributed by atoms with E-state index in [1.807, 2.05) is 0 Å². The molecule has 0 aromatic heterocycles. The molecule has 1 aliphatic heterocycles. The third-order valence-electron chi connectivity index (χ3n) is 3.15. The fourth-order valence-corrected chi connectivity index (χ4v) is 3.25. The van der Waals surface area contributed by atoms with Gasteiger partial charge in [0.05, 0.1) is 5.92 Å². The molecule has 1 amide bonds. The molecule has 1 aliphatic rings. The molecule has 0 unspecified atom stereocenters. The number of hydrogen-bond donors (Lipinski definition) is 3. The summed E-state index contributed by atoms with van der Waals surface area (Å²) < 4.78 is 27.5. The van der Waals surface area contributed by atoms with E-state index in [4.69, 9.17) is 5.11 Å². The number of nitrogens with one attached hydrogen (secondary N) is 2. The lowest BCUT2D eigenvalue weighted by atomic mass is 9.99. The molecular weight excluding hydrogens is 286 g/mol. The molecule has 0 bridgehead atoms. The zero-order valence-electron chi connectivity index (χ0n) is 11.5. The second kappa shape index (κ2) is 7.55. The molecule has 0 spiro atoms. The maximum absolute atomic E-state index is 11.9. The van der Waals surface area contributed by atoms with Gasteiger partial charge in [-0.25, -0.2) is 4.72 Å². The summed E-state index contributed by atoms with van der Waals surface area (Å²) in [6, 6.07) is 0. The Kier molecular flexibility index (Phi) is 6.37. The first kappa shape index (κ1) is 16.9. The van der Waals surface area contributed by atoms with Crippen LogP contribution in [-0.4, -0.2) is 55.9 Å². The van der Waals surface area contributed by atoms with E-state index < -0.39 is 22.1 Å². The Hall–Kier alpha value is -1.19. The molecule has 3 N–H and O–H groups in total. The van der Waals surface area contributed by atoms with Crippen LogP contribution in [0.3, 0.4) is 0 Å². The predicted molar refractivity (Wildman–Crippen MR) is 72.2 cm³/mol. The van der Waals surface area contributed by atoms with Gasteiger partial charge in [0.15, 0.2) is 0 Å². The van der Waals surface area contributed by atoms with Crippen molar-refractivity contribution in [2.24, 2.45) is 5.92 Å². The van der Waals surface area contributed by atoms with Gasteiger partial charge in [-0.2, -0.15) is 12.7 Å². The van der Waals surface area contributed by atoms with Gasteiger partial charge in [-0.1, -0.05) is 0 Å². The van der Waals surface area contributed by atoms with Crippen molar-refractivity contribution in [2.75, 3.05) is 26.2 Å². The Morgan fingerprint density at radius 1 is 1.30 bits per heavy atom. The summed E-state index contributed by atoms with van der Waals surface area (Å²) >= 11 is 0. The normalized spacial score (nSPS) is 17.9. The van der Waals surface area contributed by atoms with Crippen LogP contribution in [0.2, 0.25) is 0 Å². The highest BCUT2D eigenvalue weighted by molar-refractivity contribution is 7.87. The van der Waals surface area contributed by atoms with Gasteiger partial charge in [0, 0.05) is 32.6 Å². The van der Waals surface area contributed by atoms with Crippen molar-refractivity contribution >= 4 is 22.1 Å². The van der Waals surface area contributed by atoms with Gasteiger partial charge in [-0.05, 0) is 19.8 Å². The van der Waals surface area contributed by atoms with Crippen LogP contribution >= 0.6 is 0 Å². The van der Waals surface area contributed by atoms with Crippen LogP contribution in [0.1, 0.15) is 26.2 Å². The first-order valence-corrected chi connectivity index (χ1v) is 8.05. The Labute approximate surface area is 118 Å². The maximum Gasteiger partial charge on any atom is 0.306 e. The SMILES string of the molecule is CCNC(=O)CCNS(=O)(=O)N1CCC(C(=O)O)CC1. The standard InChI is InChI=1S/C11H21N3O5S/c1-2-12-10(15)3-6-13-20(18,19)14-7-4-9(5-8-14)11(16)17/h9,13H,2-8H2,1H3,(H,12,15)(H,16,17). The van der Waals surface area contributed by atoms with Crippen molar-refractivity contribution in [2.45, 2.75) is 26.2 Å². The first-order chi connectivity index (χ1) is 9.36. The minimum absolute atomic E-state index is 0.0347. The molecule has 1 fully saturated rings. The predicted octanol–water partition coefficient (Wildman–Crippen LogP) is -0.856. The van der Waals surface area contributed by atoms with E-state index in [1.165, 1.54) is 4.31 Å². The van der Waals surface area contributed by atoms with E-state index in [9.17, 15) is 18.0 Å². The van der Waals surface area contributed by atoms with Gasteiger partial charge in [0.1, 0.15) is 0 Å². The molecule has 0 aromatic carbocycles. The summed E-state index contributed by atoms with van der Waals surface area (Å²) in [6.45, 7) is 2.71. The van der Waals surface area contributed by atoms with E-state index in [0.717, 1.165) is 0 Å². The number of amides is 1. The zero-order valence-corrected chi connectivity index (χ0v) is 12.3. The summed E-state index contributed by atoms with van der Waals surface area (Å²) in [6.07, 6.45) is 0.706. The number of aliphatic carboxylic acids is 1. The number of hydrogen-bond acceptors (Lipinski definition) is 4. The van der Waals surface area contributed by atoms with Gasteiger partial charge in [-0.3, -0.25) is 9.59 Å². The Morgan fingerprint density at radius 3 is 2.40 bits per heavy atom. The molecule has 1 rings (SSSR count). The second-order valence-corrected chi connectivity index (χ2v) is 6.37. The van der Waals surface area contributed by atoms with Crippen LogP contribution in [0.15, 0.2) is 0 Å². The Balaban J connectivity index is 2.38. The fourth-order valence-electron chi connectivity index (χ4n) is 2.01. The lowest BCUT2D eigenvalue weighted by Crippen LogP contribution is -2.46. The lowest BCUT2D eigenvalue weighted by Gasteiger charge is -2.29. The van der Waals surface area contributed by atoms with Crippen molar-refractivity contribution in [1.82, 2.24) is 14.3 Å². The highest BCUT2D eigenvalue weighted by Gasteiger charge is 2.30. The summed E-state index contributed by atoms with van der Waals surface area (Å²) in [7, 11) is -3.63. The number of carboxylic acid groups (broad SMARTS) is 1. The average Bonchev–Trinajstić information content (AvgIpc) is 2.39. The highest BCUT2D eigenvalue weighted by atomic mass is 32.2. The van der Waals surface area contributed by atoms with Crippen LogP contribution in [-0.2, 0) is 19.8 Å². The van der Waals surface area contributed by atoms with E-state index in [1.54, 1.807) is 6.92 Å². The van der Waals surface area contributed by atoms with Crippen LogP contribution in [0.5, 0.6) is 0 Å². The van der Waals surface area contributed by atoms with Crippen LogP contribution < -0.4 is 10.0 Å². The topological polar surface area (TPSA) is 116 Å². The van der Waals surface area contributed by atoms with E-state index in [2.05, 4.69) is 10.0 Å². The third kappa shape index (κ3) is 5.06. The van der Waals surface area contributed by atoms with E-state index in [0.29, 0.717) is 19.4 Å². The Bertz CT molecular complexity index is 443. The number of carbonyl (C=O) groups is 2. The van der Waals surface area contributed by atoms with E-state index >= 15 is 0 Å². The quantitative estimate of drug-likeness (QED) is 0.566. The molecular formula is C11H21N3O5S. The Morgan fingerprint density at radius 2 is 1.90 bits per heavy atom. The molecule has 0 radical (unpaired) electrons. The number of rotatable bonds is 7. The minimum atomic E-state index is -3.63. The van der Waals surface area contributed by atoms with Gasteiger partial charge < -0.3 is 10.4 Å². The maximum atomic E-state index is 11.9. The van der Waals surface area contributed by atoms with Gasteiger partial charge >= 0.3 is 5.97 Å². The molecule has 9 heteroatoms. The number of piperidine rings is 1. The summed E-state index contributed by atoms with van der Waals surface area (Å²) in [5, 5.41) is 11.4. The largest absolute Gasteiger partial charge is 0.481 e. The van der Waals surface area contributed by atoms with E-state index in [-0.39, 0.29) is 32.0 Å². The fraction of sp³-hybridized carbons (Fsp3) is 0.818. The average molecular weight is 307 g/mol. The lowest BCUT2D eigenvalue weighted by molar-refractivity contribution is -0.143. The summed E-state index contributed by atoms with van der Waals surface area (Å²) in [5.74, 6) is -1.57. The van der Waals surface area contributed by atoms with Gasteiger partial charge in [-0.15, -0.1) is 0 Å². The van der Waals surface area contributed by atoms with Crippen molar-refractivity contribution in [3.05, 3.63) is 0 Å². The molecule has 1 heterocycles. The van der Waals surface area contributed by atoms with Gasteiger partial charge in [0.25, 0.3) is 10.2 Å². The van der Waals surface area contributed by atoms with Gasteiger partial charge in [0.2, 0.25) is 5.91 Å². The van der Waals surface area contributed by atoms with Crippen molar-refractivity contribution in [3.8, 4) is 0 Å². The molecule has 116 valence electrons. The third-order valence-corrected chi connectivity index (χ3v) is 4.77. The molecule has 20 heavy (non-hydrogen) atoms. The number of nitrogens with zero attached hydrogens (tertiary/aromatic N) is 1. The first-order valence-electron chi connectivity index (χ1n) is 6.61. The molecule has 0 aromatic rings. The molecule has 0 aliphatic carbocycles. The molecule has 1 saturated heterocycles. The molecule has 0 atom stereocenters. The molecule has 0 saturated carbocycles. The smallest absolute Gasteiger partial charge is 0.306 e. The highest BCUT2D eigenvalue weighted by Crippen LogP contribution is 2.18. The van der Waals surface area contributed by atoms with Crippen molar-refractivity contribution in [1.29, 1.82) is 0 Å². The van der Waals surface area contributed by atoms with Crippen molar-refractivity contribution < 1.29 is 23.1 Å². The minimum Gasteiger partial charge on any atom is -0.481 e. The zero-order chi connectivity index (χ0) is 15.2. The number of carbonyl (C=O) groups excluding carboxylic acids is 1. The molecule has 8 nitrogen and oxygen atoms in total. The second-order valence-electron chi connectivity index (χ2n) is 4.61. The summed E-state index contributed by atoms with van der Waals surface area (Å²) in [5.41, 5.74) is 0. The van der Waals surface area contributed by atoms with Crippen LogP contribution in [0.25, 0.3) is 0 Å². The monoisotopic (exact) mass is 307 g/mol. The van der Waals surface area contributed by atoms with Crippen LogP contribution in [0.4, 0.5) is 0 Å². The summed E-state index contributed by atoms with van der Waals surface area (Å²) in [4.78, 5) is 22.0. The van der Waals surface area contributed by atoms with Crippen molar-refractivity contribution in [3.63, 3.8) is 0 Å².